The van der Waals surface area contributed by atoms with Gasteiger partial charge in [-0.2, -0.15) is 0 Å². The first-order valence-corrected chi connectivity index (χ1v) is 3.61. The summed E-state index contributed by atoms with van der Waals surface area (Å²) in [5, 5.41) is 4.54. The van der Waals surface area contributed by atoms with Crippen LogP contribution in [0.3, 0.4) is 0 Å². The third-order valence-corrected chi connectivity index (χ3v) is 1.37. The van der Waals surface area contributed by atoms with Crippen molar-refractivity contribution in [3.05, 3.63) is 16.6 Å². The summed E-state index contributed by atoms with van der Waals surface area (Å²) in [7, 11) is 0. The molecular weight excluding hydrogens is 174 g/mol. The van der Waals surface area contributed by atoms with Crippen LogP contribution in [0.25, 0.3) is 0 Å². The highest BCUT2D eigenvalue weighted by atomic mass is 16.2. The van der Waals surface area contributed by atoms with Crippen molar-refractivity contribution in [1.82, 2.24) is 9.78 Å². The maximum atomic E-state index is 11.0. The van der Waals surface area contributed by atoms with Gasteiger partial charge in [-0.25, -0.2) is 4.68 Å². The van der Waals surface area contributed by atoms with Crippen LogP contribution in [-0.2, 0) is 4.79 Å². The Morgan fingerprint density at radius 2 is 2.08 bits per heavy atom. The summed E-state index contributed by atoms with van der Waals surface area (Å²) < 4.78 is 1.01. The maximum Gasteiger partial charge on any atom is 0.288 e. The van der Waals surface area contributed by atoms with E-state index in [1.54, 1.807) is 0 Å². The first kappa shape index (κ1) is 9.24. The molecule has 2 N–H and O–H groups in total. The molecule has 0 bridgehead atoms. The summed E-state index contributed by atoms with van der Waals surface area (Å²) in [6, 6.07) is 0. The predicted octanol–water partition coefficient (Wildman–Crippen LogP) is -0.205. The van der Waals surface area contributed by atoms with Gasteiger partial charge in [-0.15, -0.1) is 0 Å². The van der Waals surface area contributed by atoms with Gasteiger partial charge in [0.2, 0.25) is 11.8 Å². The number of amides is 1. The van der Waals surface area contributed by atoms with E-state index in [0.29, 0.717) is 0 Å². The molecule has 70 valence electrons. The normalized spacial score (nSPS) is 9.69. The van der Waals surface area contributed by atoms with Crippen LogP contribution in [-0.4, -0.2) is 21.6 Å². The van der Waals surface area contributed by atoms with Crippen molar-refractivity contribution in [3.63, 3.8) is 0 Å². The van der Waals surface area contributed by atoms with E-state index in [9.17, 15) is 14.4 Å². The fraction of sp³-hybridized carbons (Fsp3) is 0.286. The molecule has 0 aliphatic carbocycles. The molecule has 1 aromatic heterocycles. The van der Waals surface area contributed by atoms with Crippen LogP contribution in [0, 0.1) is 0 Å². The topological polar surface area (TPSA) is 84.0 Å². The summed E-state index contributed by atoms with van der Waals surface area (Å²) >= 11 is 0. The second-order valence-electron chi connectivity index (χ2n) is 2.55. The van der Waals surface area contributed by atoms with Crippen molar-refractivity contribution in [3.8, 4) is 0 Å². The van der Waals surface area contributed by atoms with Crippen molar-refractivity contribution >= 4 is 17.5 Å². The second kappa shape index (κ2) is 3.26. The molecule has 1 aromatic rings. The van der Waals surface area contributed by atoms with Crippen LogP contribution >= 0.6 is 0 Å². The summed E-state index contributed by atoms with van der Waals surface area (Å²) in [5.41, 5.74) is -0.423. The summed E-state index contributed by atoms with van der Waals surface area (Å²) in [6.07, 6.45) is 1.24. The van der Waals surface area contributed by atoms with E-state index in [4.69, 9.17) is 0 Å². The molecule has 1 amide bonds. The fourth-order valence-corrected chi connectivity index (χ4v) is 0.838. The molecular formula is C7H9N3O3. The van der Waals surface area contributed by atoms with E-state index in [0.717, 1.165) is 4.68 Å². The number of anilines is 1. The minimum atomic E-state index is -0.495. The summed E-state index contributed by atoms with van der Waals surface area (Å²) in [4.78, 5) is 32.4. The molecule has 1 rings (SSSR count). The van der Waals surface area contributed by atoms with Crippen molar-refractivity contribution in [2.24, 2.45) is 0 Å². The first-order valence-electron chi connectivity index (χ1n) is 3.61. The Balaban J connectivity index is 3.03. The first-order chi connectivity index (χ1) is 6.00. The number of aromatic nitrogens is 2. The van der Waals surface area contributed by atoms with E-state index < -0.39 is 5.56 Å². The Morgan fingerprint density at radius 1 is 1.46 bits per heavy atom. The molecule has 0 atom stereocenters. The van der Waals surface area contributed by atoms with E-state index in [2.05, 4.69) is 10.4 Å². The Morgan fingerprint density at radius 3 is 2.46 bits per heavy atom. The van der Waals surface area contributed by atoms with Crippen molar-refractivity contribution in [1.29, 1.82) is 0 Å². The highest BCUT2D eigenvalue weighted by molar-refractivity contribution is 5.88. The van der Waals surface area contributed by atoms with Crippen LogP contribution in [0.2, 0.25) is 0 Å². The zero-order valence-corrected chi connectivity index (χ0v) is 7.25. The number of nitrogens with zero attached hydrogens (tertiary/aromatic N) is 1. The van der Waals surface area contributed by atoms with Crippen molar-refractivity contribution < 1.29 is 9.59 Å². The number of hydrogen-bond donors (Lipinski definition) is 2. The lowest BCUT2D eigenvalue weighted by Crippen LogP contribution is -2.14. The van der Waals surface area contributed by atoms with Gasteiger partial charge < -0.3 is 5.32 Å². The van der Waals surface area contributed by atoms with Gasteiger partial charge >= 0.3 is 0 Å². The molecule has 0 aliphatic rings. The van der Waals surface area contributed by atoms with Crippen LogP contribution in [0.15, 0.2) is 11.0 Å². The molecule has 0 aromatic carbocycles. The molecule has 6 nitrogen and oxygen atoms in total. The number of carbonyl (C=O) groups is 2. The smallest absolute Gasteiger partial charge is 0.288 e. The van der Waals surface area contributed by atoms with Gasteiger partial charge in [-0.1, -0.05) is 0 Å². The molecule has 0 unspecified atom stereocenters. The highest BCUT2D eigenvalue weighted by Crippen LogP contribution is 1.96. The lowest BCUT2D eigenvalue weighted by molar-refractivity contribution is -0.114. The zero-order valence-electron chi connectivity index (χ0n) is 7.25. The molecule has 6 heteroatoms. The average Bonchev–Trinajstić information content (AvgIpc) is 2.31. The Kier molecular flexibility index (Phi) is 2.32. The number of rotatable bonds is 1. The van der Waals surface area contributed by atoms with Crippen LogP contribution in [0.5, 0.6) is 0 Å². The summed E-state index contributed by atoms with van der Waals surface area (Å²) in [6.45, 7) is 2.58. The second-order valence-corrected chi connectivity index (χ2v) is 2.55. The molecule has 13 heavy (non-hydrogen) atoms. The van der Waals surface area contributed by atoms with Gasteiger partial charge in [-0.3, -0.25) is 19.5 Å². The summed E-state index contributed by atoms with van der Waals surface area (Å²) in [5.74, 6) is -0.680. The molecule has 0 spiro atoms. The average molecular weight is 183 g/mol. The molecule has 0 saturated heterocycles. The van der Waals surface area contributed by atoms with Gasteiger partial charge in [0.05, 0.1) is 6.20 Å². The van der Waals surface area contributed by atoms with E-state index in [-0.39, 0.29) is 17.5 Å². The van der Waals surface area contributed by atoms with Gasteiger partial charge in [0, 0.05) is 13.8 Å². The molecule has 0 fully saturated rings. The predicted molar refractivity (Wildman–Crippen MR) is 45.7 cm³/mol. The Hall–Kier alpha value is -1.85. The largest absolute Gasteiger partial charge is 0.320 e. The lowest BCUT2D eigenvalue weighted by Gasteiger charge is -1.93. The third-order valence-electron chi connectivity index (χ3n) is 1.37. The Bertz CT molecular complexity index is 401. The van der Waals surface area contributed by atoms with Crippen LogP contribution < -0.4 is 10.9 Å². The van der Waals surface area contributed by atoms with E-state index >= 15 is 0 Å². The van der Waals surface area contributed by atoms with Gasteiger partial charge in [0.1, 0.15) is 5.69 Å². The molecule has 0 saturated carbocycles. The minimum Gasteiger partial charge on any atom is -0.320 e. The third kappa shape index (κ3) is 2.05. The standard InChI is InChI=1S/C7H9N3O3/c1-4(11)8-6-3-10(5(2)12)9-7(6)13/h3H,1-2H3,(H,8,11)(H,9,13). The number of carbonyl (C=O) groups excluding carboxylic acids is 2. The van der Waals surface area contributed by atoms with Gasteiger partial charge in [-0.05, 0) is 0 Å². The van der Waals surface area contributed by atoms with Gasteiger partial charge in [0.25, 0.3) is 5.56 Å². The number of nitrogens with one attached hydrogen (secondary N) is 2. The van der Waals surface area contributed by atoms with Crippen LogP contribution in [0.4, 0.5) is 5.69 Å². The Labute approximate surface area is 73.5 Å². The minimum absolute atomic E-state index is 0.0719. The van der Waals surface area contributed by atoms with Gasteiger partial charge in [0.15, 0.2) is 0 Å². The molecule has 1 heterocycles. The molecule has 0 aliphatic heterocycles. The maximum absolute atomic E-state index is 11.0. The van der Waals surface area contributed by atoms with Crippen LogP contribution in [0.1, 0.15) is 18.6 Å². The molecule has 0 radical (unpaired) electrons. The highest BCUT2D eigenvalue weighted by Gasteiger charge is 2.06. The SMILES string of the molecule is CC(=O)Nc1cn(C(C)=O)[nH]c1=O. The van der Waals surface area contributed by atoms with Crippen molar-refractivity contribution in [2.45, 2.75) is 13.8 Å². The van der Waals surface area contributed by atoms with E-state index in [1.807, 2.05) is 0 Å². The lowest BCUT2D eigenvalue weighted by atomic mass is 10.5. The van der Waals surface area contributed by atoms with E-state index in [1.165, 1.54) is 20.0 Å². The fourth-order valence-electron chi connectivity index (χ4n) is 0.838. The quantitative estimate of drug-likeness (QED) is 0.632. The number of aromatic amines is 1. The number of hydrogen-bond acceptors (Lipinski definition) is 3. The number of H-pyrrole nitrogens is 1. The van der Waals surface area contributed by atoms with Crippen molar-refractivity contribution in [2.75, 3.05) is 5.32 Å². The monoisotopic (exact) mass is 183 g/mol. The zero-order chi connectivity index (χ0) is 10.0.